The molecular formula is C17H17N5O3S2. The van der Waals surface area contributed by atoms with Crippen LogP contribution in [0.4, 0.5) is 10.3 Å². The lowest BCUT2D eigenvalue weighted by Crippen LogP contribution is -2.27. The van der Waals surface area contributed by atoms with Gasteiger partial charge in [-0.15, -0.1) is 10.2 Å². The molecule has 1 aliphatic rings. The molecule has 10 heteroatoms. The first-order valence-corrected chi connectivity index (χ1v) is 10.1. The second-order valence-corrected chi connectivity index (χ2v) is 8.26. The lowest BCUT2D eigenvalue weighted by molar-refractivity contribution is -0.116. The Morgan fingerprint density at radius 2 is 2.15 bits per heavy atom. The summed E-state index contributed by atoms with van der Waals surface area (Å²) >= 11 is 2.57. The molecule has 3 aromatic rings. The van der Waals surface area contributed by atoms with Crippen molar-refractivity contribution in [1.29, 1.82) is 0 Å². The van der Waals surface area contributed by atoms with E-state index in [-0.39, 0.29) is 18.4 Å². The highest BCUT2D eigenvalue weighted by atomic mass is 32.1. The standard InChI is InChI=1S/C17H17N5O3S2/c1-9-13(14(24)19-16-21-20-15(27-16)11-5-6-11)26-17(18-9)22(10(2)23)8-12-4-3-7-25-12/h3-4,7,11H,5-6,8H2,1-2H3,(H,19,21,24). The lowest BCUT2D eigenvalue weighted by atomic mass is 10.4. The number of nitrogens with one attached hydrogen (secondary N) is 1. The van der Waals surface area contributed by atoms with Crippen molar-refractivity contribution in [1.82, 2.24) is 15.2 Å². The van der Waals surface area contributed by atoms with Crippen molar-refractivity contribution in [2.75, 3.05) is 10.2 Å². The SMILES string of the molecule is CC(=O)N(Cc1ccco1)c1nc(C)c(C(=O)Nc2nnc(C3CC3)s2)s1. The molecule has 0 aromatic carbocycles. The van der Waals surface area contributed by atoms with Crippen LogP contribution in [0.25, 0.3) is 0 Å². The fraction of sp³-hybridized carbons (Fsp3) is 0.353. The average molecular weight is 403 g/mol. The minimum absolute atomic E-state index is 0.176. The summed E-state index contributed by atoms with van der Waals surface area (Å²) in [4.78, 5) is 31.0. The predicted molar refractivity (Wildman–Crippen MR) is 102 cm³/mol. The van der Waals surface area contributed by atoms with Crippen molar-refractivity contribution < 1.29 is 14.0 Å². The lowest BCUT2D eigenvalue weighted by Gasteiger charge is -2.16. The number of thiazole rings is 1. The molecule has 140 valence electrons. The van der Waals surface area contributed by atoms with Crippen LogP contribution >= 0.6 is 22.7 Å². The van der Waals surface area contributed by atoms with E-state index in [1.807, 2.05) is 0 Å². The van der Waals surface area contributed by atoms with Gasteiger partial charge in [0.25, 0.3) is 5.91 Å². The second kappa shape index (κ2) is 7.20. The van der Waals surface area contributed by atoms with Crippen LogP contribution in [0.5, 0.6) is 0 Å². The van der Waals surface area contributed by atoms with Gasteiger partial charge in [-0.05, 0) is 31.9 Å². The zero-order valence-corrected chi connectivity index (χ0v) is 16.4. The Bertz CT molecular complexity index is 975. The molecule has 0 saturated heterocycles. The zero-order chi connectivity index (χ0) is 19.0. The van der Waals surface area contributed by atoms with E-state index in [0.717, 1.165) is 17.8 Å². The summed E-state index contributed by atoms with van der Waals surface area (Å²) in [7, 11) is 0. The van der Waals surface area contributed by atoms with E-state index in [1.54, 1.807) is 25.3 Å². The minimum Gasteiger partial charge on any atom is -0.467 e. The summed E-state index contributed by atoms with van der Waals surface area (Å²) in [5.41, 5.74) is 0.560. The van der Waals surface area contributed by atoms with Gasteiger partial charge in [0.1, 0.15) is 15.6 Å². The van der Waals surface area contributed by atoms with E-state index in [4.69, 9.17) is 4.42 Å². The summed E-state index contributed by atoms with van der Waals surface area (Å²) in [6, 6.07) is 3.55. The van der Waals surface area contributed by atoms with Crippen molar-refractivity contribution in [3.8, 4) is 0 Å². The average Bonchev–Trinajstić information content (AvgIpc) is 3.02. The van der Waals surface area contributed by atoms with Gasteiger partial charge in [-0.25, -0.2) is 4.98 Å². The van der Waals surface area contributed by atoms with Gasteiger partial charge in [-0.3, -0.25) is 19.8 Å². The van der Waals surface area contributed by atoms with Crippen molar-refractivity contribution in [3.05, 3.63) is 39.7 Å². The Labute approximate surface area is 163 Å². The van der Waals surface area contributed by atoms with Gasteiger partial charge in [-0.1, -0.05) is 22.7 Å². The number of aryl methyl sites for hydroxylation is 1. The van der Waals surface area contributed by atoms with Crippen LogP contribution in [-0.2, 0) is 11.3 Å². The molecule has 2 amide bonds. The van der Waals surface area contributed by atoms with Gasteiger partial charge in [-0.2, -0.15) is 0 Å². The molecule has 3 aromatic heterocycles. The molecule has 0 aliphatic heterocycles. The number of carbonyl (C=O) groups excluding carboxylic acids is 2. The molecular weight excluding hydrogens is 386 g/mol. The first-order chi connectivity index (χ1) is 13.0. The third kappa shape index (κ3) is 3.91. The van der Waals surface area contributed by atoms with Crippen molar-refractivity contribution in [3.63, 3.8) is 0 Å². The Hall–Kier alpha value is -2.59. The number of anilines is 2. The topological polar surface area (TPSA) is 101 Å². The first-order valence-electron chi connectivity index (χ1n) is 8.44. The molecule has 4 rings (SSSR count). The molecule has 0 spiro atoms. The monoisotopic (exact) mass is 403 g/mol. The van der Waals surface area contributed by atoms with E-state index >= 15 is 0 Å². The Kier molecular flexibility index (Phi) is 4.75. The summed E-state index contributed by atoms with van der Waals surface area (Å²) in [5.74, 6) is 0.669. The van der Waals surface area contributed by atoms with E-state index in [2.05, 4.69) is 20.5 Å². The molecule has 0 atom stereocenters. The Balaban J connectivity index is 1.51. The van der Waals surface area contributed by atoms with Gasteiger partial charge < -0.3 is 4.42 Å². The number of furan rings is 1. The van der Waals surface area contributed by atoms with Gasteiger partial charge >= 0.3 is 0 Å². The van der Waals surface area contributed by atoms with Crippen molar-refractivity contribution in [2.24, 2.45) is 0 Å². The third-order valence-electron chi connectivity index (χ3n) is 4.08. The molecule has 1 aliphatic carbocycles. The molecule has 8 nitrogen and oxygen atoms in total. The van der Waals surface area contributed by atoms with Gasteiger partial charge in [0.2, 0.25) is 11.0 Å². The maximum Gasteiger partial charge on any atom is 0.269 e. The molecule has 1 fully saturated rings. The van der Waals surface area contributed by atoms with Crippen LogP contribution in [-0.4, -0.2) is 27.0 Å². The fourth-order valence-corrected chi connectivity index (χ4v) is 4.43. The van der Waals surface area contributed by atoms with Crippen LogP contribution in [0.15, 0.2) is 22.8 Å². The summed E-state index contributed by atoms with van der Waals surface area (Å²) < 4.78 is 5.32. The molecule has 0 radical (unpaired) electrons. The number of aromatic nitrogens is 3. The van der Waals surface area contributed by atoms with E-state index in [9.17, 15) is 9.59 Å². The van der Waals surface area contributed by atoms with Crippen LogP contribution in [0, 0.1) is 6.92 Å². The summed E-state index contributed by atoms with van der Waals surface area (Å²) in [5, 5.41) is 12.8. The normalized spacial score (nSPS) is 13.6. The second-order valence-electron chi connectivity index (χ2n) is 6.27. The highest BCUT2D eigenvalue weighted by Crippen LogP contribution is 2.42. The third-order valence-corrected chi connectivity index (χ3v) is 6.26. The van der Waals surface area contributed by atoms with Gasteiger partial charge in [0, 0.05) is 12.8 Å². The smallest absolute Gasteiger partial charge is 0.269 e. The van der Waals surface area contributed by atoms with E-state index in [0.29, 0.717) is 32.5 Å². The first kappa shape index (κ1) is 17.8. The van der Waals surface area contributed by atoms with Crippen molar-refractivity contribution >= 4 is 44.8 Å². The van der Waals surface area contributed by atoms with Crippen LogP contribution < -0.4 is 10.2 Å². The summed E-state index contributed by atoms with van der Waals surface area (Å²) in [6.07, 6.45) is 3.82. The van der Waals surface area contributed by atoms with Crippen LogP contribution in [0.3, 0.4) is 0 Å². The van der Waals surface area contributed by atoms with E-state index < -0.39 is 0 Å². The van der Waals surface area contributed by atoms with Gasteiger partial charge in [0.15, 0.2) is 5.13 Å². The molecule has 1 saturated carbocycles. The van der Waals surface area contributed by atoms with Gasteiger partial charge in [0.05, 0.1) is 18.5 Å². The molecule has 27 heavy (non-hydrogen) atoms. The molecule has 0 bridgehead atoms. The Morgan fingerprint density at radius 3 is 2.81 bits per heavy atom. The number of hydrogen-bond acceptors (Lipinski definition) is 8. The highest BCUT2D eigenvalue weighted by Gasteiger charge is 2.28. The van der Waals surface area contributed by atoms with Crippen molar-refractivity contribution in [2.45, 2.75) is 39.2 Å². The minimum atomic E-state index is -0.295. The summed E-state index contributed by atoms with van der Waals surface area (Å²) in [6.45, 7) is 3.47. The van der Waals surface area contributed by atoms with Crippen LogP contribution in [0.1, 0.15) is 51.8 Å². The zero-order valence-electron chi connectivity index (χ0n) is 14.8. The highest BCUT2D eigenvalue weighted by molar-refractivity contribution is 7.18. The number of nitrogens with zero attached hydrogens (tertiary/aromatic N) is 4. The van der Waals surface area contributed by atoms with E-state index in [1.165, 1.54) is 34.5 Å². The maximum absolute atomic E-state index is 12.6. The molecule has 0 unspecified atom stereocenters. The Morgan fingerprint density at radius 1 is 1.33 bits per heavy atom. The number of amides is 2. The molecule has 3 heterocycles. The fourth-order valence-electron chi connectivity index (χ4n) is 2.51. The number of hydrogen-bond donors (Lipinski definition) is 1. The number of carbonyl (C=O) groups is 2. The number of rotatable bonds is 6. The predicted octanol–water partition coefficient (Wildman–Crippen LogP) is 3.58. The maximum atomic E-state index is 12.6. The van der Waals surface area contributed by atoms with Crippen LogP contribution in [0.2, 0.25) is 0 Å². The molecule has 1 N–H and O–H groups in total. The largest absolute Gasteiger partial charge is 0.467 e. The quantitative estimate of drug-likeness (QED) is 0.675.